The largest absolute Gasteiger partial charge is 0.370 e. The van der Waals surface area contributed by atoms with Crippen LogP contribution in [0.25, 0.3) is 0 Å². The minimum absolute atomic E-state index is 0.130. The predicted octanol–water partition coefficient (Wildman–Crippen LogP) is 4.64. The molecule has 168 valence electrons. The third-order valence-corrected chi connectivity index (χ3v) is 5.04. The summed E-state index contributed by atoms with van der Waals surface area (Å²) in [6.45, 7) is -0.766. The molecular weight excluding hydrogens is 424 g/mol. The van der Waals surface area contributed by atoms with Crippen LogP contribution in [0.2, 0.25) is 0 Å². The van der Waals surface area contributed by atoms with Crippen LogP contribution in [0.15, 0.2) is 54.7 Å². The maximum absolute atomic E-state index is 14.7. The highest BCUT2D eigenvalue weighted by Crippen LogP contribution is 2.30. The summed E-state index contributed by atoms with van der Waals surface area (Å²) in [5, 5.41) is 8.15. The third kappa shape index (κ3) is 5.06. The summed E-state index contributed by atoms with van der Waals surface area (Å²) in [7, 11) is 0. The Kier molecular flexibility index (Phi) is 6.11. The average molecular weight is 446 g/mol. The standard InChI is InChI=1S/C22H22F4N6/c23-21(24,16-6-1-2-11-27-16)13-29-18-7-3-8-19(32-18)30-14-22(25,26)17-10-9-15-5-4-12-28-20(15)31-17/h1-3,6-11H,4-5,12-14H2,(H,28,31)(H2,29,30,32). The Hall–Kier alpha value is -3.43. The van der Waals surface area contributed by atoms with Crippen molar-refractivity contribution >= 4 is 17.5 Å². The van der Waals surface area contributed by atoms with Crippen molar-refractivity contribution in [1.82, 2.24) is 15.0 Å². The lowest BCUT2D eigenvalue weighted by Gasteiger charge is -2.21. The topological polar surface area (TPSA) is 74.8 Å². The number of rotatable bonds is 8. The average Bonchev–Trinajstić information content (AvgIpc) is 2.82. The number of nitrogens with zero attached hydrogens (tertiary/aromatic N) is 3. The molecule has 0 fully saturated rings. The van der Waals surface area contributed by atoms with Crippen LogP contribution in [0, 0.1) is 0 Å². The van der Waals surface area contributed by atoms with Crippen molar-refractivity contribution in [3.63, 3.8) is 0 Å². The van der Waals surface area contributed by atoms with Crippen molar-refractivity contribution in [2.75, 3.05) is 35.6 Å². The Balaban J connectivity index is 1.38. The summed E-state index contributed by atoms with van der Waals surface area (Å²) in [4.78, 5) is 11.8. The number of aryl methyl sites for hydroxylation is 1. The molecule has 0 aromatic carbocycles. The zero-order valence-corrected chi connectivity index (χ0v) is 17.1. The summed E-state index contributed by atoms with van der Waals surface area (Å²) < 4.78 is 58.0. The minimum atomic E-state index is -3.24. The molecule has 3 aromatic heterocycles. The number of anilines is 3. The zero-order valence-electron chi connectivity index (χ0n) is 17.1. The number of alkyl halides is 4. The van der Waals surface area contributed by atoms with E-state index in [1.54, 1.807) is 12.1 Å². The van der Waals surface area contributed by atoms with Crippen LogP contribution in [-0.2, 0) is 18.3 Å². The van der Waals surface area contributed by atoms with Gasteiger partial charge in [0.2, 0.25) is 0 Å². The van der Waals surface area contributed by atoms with Gasteiger partial charge in [-0.25, -0.2) is 9.97 Å². The van der Waals surface area contributed by atoms with Crippen LogP contribution >= 0.6 is 0 Å². The second-order valence-corrected chi connectivity index (χ2v) is 7.47. The Morgan fingerprint density at radius 2 is 1.53 bits per heavy atom. The summed E-state index contributed by atoms with van der Waals surface area (Å²) >= 11 is 0. The Morgan fingerprint density at radius 1 is 0.812 bits per heavy atom. The SMILES string of the molecule is FC(F)(CNc1cccc(NCC(F)(F)c2ccc3c(n2)NCCC3)n1)c1ccccn1. The predicted molar refractivity (Wildman–Crippen MR) is 114 cm³/mol. The molecule has 0 aliphatic carbocycles. The molecule has 0 atom stereocenters. The van der Waals surface area contributed by atoms with Crippen LogP contribution in [-0.4, -0.2) is 34.6 Å². The summed E-state index contributed by atoms with van der Waals surface area (Å²) in [5.41, 5.74) is 0.211. The van der Waals surface area contributed by atoms with Crippen LogP contribution in [0.5, 0.6) is 0 Å². The second-order valence-electron chi connectivity index (χ2n) is 7.47. The van der Waals surface area contributed by atoms with E-state index in [4.69, 9.17) is 0 Å². The number of nitrogens with one attached hydrogen (secondary N) is 3. The van der Waals surface area contributed by atoms with Gasteiger partial charge in [-0.05, 0) is 48.7 Å². The Labute approximate surface area is 182 Å². The maximum Gasteiger partial charge on any atom is 0.306 e. The second kappa shape index (κ2) is 8.97. The zero-order chi connectivity index (χ0) is 22.6. The first kappa shape index (κ1) is 21.8. The van der Waals surface area contributed by atoms with E-state index in [-0.39, 0.29) is 23.0 Å². The molecule has 10 heteroatoms. The minimum Gasteiger partial charge on any atom is -0.370 e. The fraction of sp³-hybridized carbons (Fsp3) is 0.318. The molecule has 0 amide bonds. The number of hydrogen-bond donors (Lipinski definition) is 3. The van der Waals surface area contributed by atoms with Gasteiger partial charge < -0.3 is 16.0 Å². The molecule has 4 heterocycles. The Bertz CT molecular complexity index is 1060. The highest BCUT2D eigenvalue weighted by Gasteiger charge is 2.35. The lowest BCUT2D eigenvalue weighted by molar-refractivity contribution is 0.00564. The molecule has 0 unspecified atom stereocenters. The molecule has 4 rings (SSSR count). The lowest BCUT2D eigenvalue weighted by Crippen LogP contribution is -2.28. The highest BCUT2D eigenvalue weighted by molar-refractivity contribution is 5.48. The van der Waals surface area contributed by atoms with Crippen molar-refractivity contribution in [3.8, 4) is 0 Å². The van der Waals surface area contributed by atoms with Crippen molar-refractivity contribution in [3.05, 3.63) is 71.7 Å². The van der Waals surface area contributed by atoms with Gasteiger partial charge in [0, 0.05) is 12.7 Å². The first-order chi connectivity index (χ1) is 15.3. The molecule has 0 spiro atoms. The van der Waals surface area contributed by atoms with E-state index < -0.39 is 24.9 Å². The van der Waals surface area contributed by atoms with Crippen LogP contribution in [0.4, 0.5) is 35.0 Å². The lowest BCUT2D eigenvalue weighted by atomic mass is 10.1. The van der Waals surface area contributed by atoms with Gasteiger partial charge in [0.25, 0.3) is 0 Å². The maximum atomic E-state index is 14.7. The number of pyridine rings is 3. The van der Waals surface area contributed by atoms with Crippen LogP contribution in [0.3, 0.4) is 0 Å². The van der Waals surface area contributed by atoms with Gasteiger partial charge in [0.1, 0.15) is 28.8 Å². The van der Waals surface area contributed by atoms with Gasteiger partial charge >= 0.3 is 11.8 Å². The van der Waals surface area contributed by atoms with Gasteiger partial charge in [-0.15, -0.1) is 0 Å². The van der Waals surface area contributed by atoms with Gasteiger partial charge in [0.15, 0.2) is 0 Å². The molecular formula is C22H22F4N6. The van der Waals surface area contributed by atoms with E-state index in [0.29, 0.717) is 12.4 Å². The molecule has 0 saturated heterocycles. The van der Waals surface area contributed by atoms with Gasteiger partial charge in [-0.1, -0.05) is 18.2 Å². The number of fused-ring (bicyclic) bond motifs is 1. The van der Waals surface area contributed by atoms with E-state index in [0.717, 1.165) is 18.4 Å². The van der Waals surface area contributed by atoms with Gasteiger partial charge in [0.05, 0.1) is 13.1 Å². The van der Waals surface area contributed by atoms with E-state index in [1.807, 2.05) is 0 Å². The molecule has 3 N–H and O–H groups in total. The third-order valence-electron chi connectivity index (χ3n) is 5.04. The molecule has 32 heavy (non-hydrogen) atoms. The summed E-state index contributed by atoms with van der Waals surface area (Å²) in [5.74, 6) is -5.71. The van der Waals surface area contributed by atoms with E-state index in [1.165, 1.54) is 42.6 Å². The van der Waals surface area contributed by atoms with Crippen molar-refractivity contribution in [1.29, 1.82) is 0 Å². The van der Waals surface area contributed by atoms with E-state index in [2.05, 4.69) is 30.9 Å². The molecule has 1 aliphatic heterocycles. The molecule has 0 radical (unpaired) electrons. The summed E-state index contributed by atoms with van der Waals surface area (Å²) in [6, 6.07) is 11.8. The molecule has 3 aromatic rings. The van der Waals surface area contributed by atoms with Gasteiger partial charge in [-0.2, -0.15) is 17.6 Å². The highest BCUT2D eigenvalue weighted by atomic mass is 19.3. The van der Waals surface area contributed by atoms with Crippen molar-refractivity contribution < 1.29 is 17.6 Å². The van der Waals surface area contributed by atoms with Crippen molar-refractivity contribution in [2.24, 2.45) is 0 Å². The number of aromatic nitrogens is 3. The quantitative estimate of drug-likeness (QED) is 0.438. The van der Waals surface area contributed by atoms with E-state index >= 15 is 0 Å². The smallest absolute Gasteiger partial charge is 0.306 e. The fourth-order valence-corrected chi connectivity index (χ4v) is 3.33. The number of hydrogen-bond acceptors (Lipinski definition) is 6. The van der Waals surface area contributed by atoms with E-state index in [9.17, 15) is 17.6 Å². The molecule has 1 aliphatic rings. The van der Waals surface area contributed by atoms with Gasteiger partial charge in [-0.3, -0.25) is 4.98 Å². The van der Waals surface area contributed by atoms with Crippen LogP contribution in [0.1, 0.15) is 23.4 Å². The first-order valence-corrected chi connectivity index (χ1v) is 10.2. The normalized spacial score (nSPS) is 13.8. The first-order valence-electron chi connectivity index (χ1n) is 10.2. The fourth-order valence-electron chi connectivity index (χ4n) is 3.33. The Morgan fingerprint density at radius 3 is 2.22 bits per heavy atom. The number of halogens is 4. The monoisotopic (exact) mass is 446 g/mol. The summed E-state index contributed by atoms with van der Waals surface area (Å²) in [6.07, 6.45) is 3.04. The van der Waals surface area contributed by atoms with Crippen molar-refractivity contribution in [2.45, 2.75) is 24.7 Å². The van der Waals surface area contributed by atoms with Crippen LogP contribution < -0.4 is 16.0 Å². The molecule has 0 saturated carbocycles. The molecule has 6 nitrogen and oxygen atoms in total. The molecule has 0 bridgehead atoms.